The van der Waals surface area contributed by atoms with Gasteiger partial charge in [0.25, 0.3) is 0 Å². The number of hydrogen-bond donors (Lipinski definition) is 1. The van der Waals surface area contributed by atoms with E-state index in [2.05, 4.69) is 17.1 Å². The van der Waals surface area contributed by atoms with E-state index in [1.54, 1.807) is 0 Å². The van der Waals surface area contributed by atoms with Gasteiger partial charge in [-0.25, -0.2) is 4.98 Å². The number of nitrogens with one attached hydrogen (secondary N) is 1. The van der Waals surface area contributed by atoms with E-state index in [0.29, 0.717) is 0 Å². The summed E-state index contributed by atoms with van der Waals surface area (Å²) in [6.45, 7) is 5.72. The van der Waals surface area contributed by atoms with Crippen LogP contribution in [0.25, 0.3) is 0 Å². The van der Waals surface area contributed by atoms with Gasteiger partial charge in [0, 0.05) is 30.4 Å². The maximum absolute atomic E-state index is 5.01. The first-order chi connectivity index (χ1) is 9.81. The molecule has 4 heteroatoms. The number of thiazole rings is 1. The molecule has 2 fully saturated rings. The number of anilines is 1. The van der Waals surface area contributed by atoms with E-state index in [9.17, 15) is 0 Å². The normalized spacial score (nSPS) is 23.9. The topological polar surface area (TPSA) is 28.2 Å². The summed E-state index contributed by atoms with van der Waals surface area (Å²) < 4.78 is 0. The maximum Gasteiger partial charge on any atom is 0.185 e. The minimum atomic E-state index is 0.763. The van der Waals surface area contributed by atoms with Crippen molar-refractivity contribution in [1.82, 2.24) is 10.3 Å². The van der Waals surface area contributed by atoms with Crippen molar-refractivity contribution >= 4 is 16.5 Å². The molecule has 1 N–H and O–H groups in total. The van der Waals surface area contributed by atoms with Crippen LogP contribution in [0.5, 0.6) is 0 Å². The maximum atomic E-state index is 5.01. The molecule has 0 spiro atoms. The van der Waals surface area contributed by atoms with E-state index < -0.39 is 0 Å². The lowest BCUT2D eigenvalue weighted by atomic mass is 9.98. The summed E-state index contributed by atoms with van der Waals surface area (Å²) in [6.07, 6.45) is 8.10. The van der Waals surface area contributed by atoms with Gasteiger partial charge in [0.1, 0.15) is 0 Å². The van der Waals surface area contributed by atoms with Crippen molar-refractivity contribution in [2.24, 2.45) is 5.92 Å². The van der Waals surface area contributed by atoms with Crippen LogP contribution in [-0.2, 0) is 6.54 Å². The highest BCUT2D eigenvalue weighted by Crippen LogP contribution is 2.44. The molecule has 1 aromatic rings. The minimum absolute atomic E-state index is 0.763. The van der Waals surface area contributed by atoms with E-state index >= 15 is 0 Å². The second-order valence-corrected chi connectivity index (χ2v) is 7.36. The Morgan fingerprint density at radius 2 is 2.10 bits per heavy atom. The summed E-state index contributed by atoms with van der Waals surface area (Å²) in [7, 11) is 2.04. The van der Waals surface area contributed by atoms with Crippen LogP contribution >= 0.6 is 11.3 Å². The second-order valence-electron chi connectivity index (χ2n) is 6.30. The first kappa shape index (κ1) is 14.3. The Balaban J connectivity index is 1.74. The lowest BCUT2D eigenvalue weighted by Crippen LogP contribution is -2.24. The molecule has 0 amide bonds. The molecule has 2 heterocycles. The second kappa shape index (κ2) is 6.44. The lowest BCUT2D eigenvalue weighted by Gasteiger charge is -2.19. The third kappa shape index (κ3) is 3.17. The number of nitrogens with zero attached hydrogens (tertiary/aromatic N) is 2. The molecular weight excluding hydrogens is 266 g/mol. The number of aromatic nitrogens is 1. The smallest absolute Gasteiger partial charge is 0.185 e. The molecule has 0 bridgehead atoms. The monoisotopic (exact) mass is 293 g/mol. The van der Waals surface area contributed by atoms with Gasteiger partial charge < -0.3 is 10.2 Å². The van der Waals surface area contributed by atoms with Crippen molar-refractivity contribution < 1.29 is 0 Å². The van der Waals surface area contributed by atoms with Crippen LogP contribution in [0.1, 0.15) is 61.9 Å². The predicted molar refractivity (Wildman–Crippen MR) is 86.7 cm³/mol. The molecule has 1 saturated carbocycles. The highest BCUT2D eigenvalue weighted by Gasteiger charge is 2.30. The van der Waals surface area contributed by atoms with Gasteiger partial charge >= 0.3 is 0 Å². The van der Waals surface area contributed by atoms with E-state index in [4.69, 9.17) is 4.98 Å². The quantitative estimate of drug-likeness (QED) is 0.896. The van der Waals surface area contributed by atoms with Crippen LogP contribution in [0, 0.1) is 5.92 Å². The van der Waals surface area contributed by atoms with Gasteiger partial charge in [0.15, 0.2) is 5.13 Å². The average molecular weight is 293 g/mol. The van der Waals surface area contributed by atoms with Gasteiger partial charge in [0.2, 0.25) is 0 Å². The summed E-state index contributed by atoms with van der Waals surface area (Å²) in [5.41, 5.74) is 1.40. The summed E-state index contributed by atoms with van der Waals surface area (Å²) in [5, 5.41) is 4.59. The minimum Gasteiger partial charge on any atom is -0.348 e. The molecule has 1 saturated heterocycles. The fourth-order valence-corrected chi connectivity index (χ4v) is 4.42. The van der Waals surface area contributed by atoms with Gasteiger partial charge in [-0.15, -0.1) is 11.3 Å². The van der Waals surface area contributed by atoms with Gasteiger partial charge in [-0.05, 0) is 45.1 Å². The molecule has 0 radical (unpaired) electrons. The van der Waals surface area contributed by atoms with Crippen LogP contribution in [0.4, 0.5) is 5.13 Å². The summed E-state index contributed by atoms with van der Waals surface area (Å²) >= 11 is 1.93. The van der Waals surface area contributed by atoms with Gasteiger partial charge in [0.05, 0.1) is 5.69 Å². The standard InChI is InChI=1S/C16H27N3S/c1-3-12-5-4-9-19(10-8-12)16-18-15(13-6-7-13)14(20-16)11-17-2/h12-13,17H,3-11H2,1-2H3. The van der Waals surface area contributed by atoms with E-state index in [-0.39, 0.29) is 0 Å². The molecule has 1 aliphatic heterocycles. The van der Waals surface area contributed by atoms with E-state index in [1.165, 1.54) is 67.3 Å². The van der Waals surface area contributed by atoms with Crippen LogP contribution in [-0.4, -0.2) is 25.1 Å². The predicted octanol–water partition coefficient (Wildman–Crippen LogP) is 3.76. The molecule has 2 aliphatic rings. The first-order valence-electron chi connectivity index (χ1n) is 8.21. The molecule has 1 unspecified atom stereocenters. The highest BCUT2D eigenvalue weighted by atomic mass is 32.1. The SMILES string of the molecule is CCC1CCCN(c2nc(C3CC3)c(CNC)s2)CC1. The molecule has 20 heavy (non-hydrogen) atoms. The van der Waals surface area contributed by atoms with Gasteiger partial charge in [-0.1, -0.05) is 13.3 Å². The third-order valence-corrected chi connectivity index (χ3v) is 5.85. The molecule has 1 atom stereocenters. The summed E-state index contributed by atoms with van der Waals surface area (Å²) in [5.74, 6) is 1.69. The number of rotatable bonds is 5. The third-order valence-electron chi connectivity index (χ3n) is 4.71. The van der Waals surface area contributed by atoms with E-state index in [1.807, 2.05) is 18.4 Å². The molecule has 1 aliphatic carbocycles. The average Bonchev–Trinajstić information content (AvgIpc) is 3.25. The summed E-state index contributed by atoms with van der Waals surface area (Å²) in [6, 6.07) is 0. The van der Waals surface area contributed by atoms with Crippen molar-refractivity contribution in [3.05, 3.63) is 10.6 Å². The van der Waals surface area contributed by atoms with E-state index in [0.717, 1.165) is 18.4 Å². The summed E-state index contributed by atoms with van der Waals surface area (Å²) in [4.78, 5) is 9.03. The molecule has 1 aromatic heterocycles. The largest absolute Gasteiger partial charge is 0.348 e. The molecule has 3 nitrogen and oxygen atoms in total. The van der Waals surface area contributed by atoms with Crippen molar-refractivity contribution in [1.29, 1.82) is 0 Å². The Kier molecular flexibility index (Phi) is 4.61. The van der Waals surface area contributed by atoms with Crippen molar-refractivity contribution in [2.75, 3.05) is 25.0 Å². The van der Waals surface area contributed by atoms with Crippen LogP contribution in [0.3, 0.4) is 0 Å². The first-order valence-corrected chi connectivity index (χ1v) is 9.02. The fourth-order valence-electron chi connectivity index (χ4n) is 3.21. The molecular formula is C16H27N3S. The molecule has 3 rings (SSSR count). The van der Waals surface area contributed by atoms with Crippen LogP contribution in [0.2, 0.25) is 0 Å². The highest BCUT2D eigenvalue weighted by molar-refractivity contribution is 7.15. The fraction of sp³-hybridized carbons (Fsp3) is 0.812. The van der Waals surface area contributed by atoms with Crippen molar-refractivity contribution in [2.45, 2.75) is 57.9 Å². The Bertz CT molecular complexity index is 439. The zero-order chi connectivity index (χ0) is 13.9. The Morgan fingerprint density at radius 3 is 2.80 bits per heavy atom. The van der Waals surface area contributed by atoms with Crippen molar-refractivity contribution in [3.8, 4) is 0 Å². The Labute approximate surface area is 126 Å². The molecule has 112 valence electrons. The van der Waals surface area contributed by atoms with Crippen molar-refractivity contribution in [3.63, 3.8) is 0 Å². The Morgan fingerprint density at radius 1 is 1.25 bits per heavy atom. The number of hydrogen-bond acceptors (Lipinski definition) is 4. The molecule has 0 aromatic carbocycles. The Hall–Kier alpha value is -0.610. The lowest BCUT2D eigenvalue weighted by molar-refractivity contribution is 0.459. The van der Waals surface area contributed by atoms with Gasteiger partial charge in [-0.2, -0.15) is 0 Å². The zero-order valence-corrected chi connectivity index (χ0v) is 13.6. The van der Waals surface area contributed by atoms with Gasteiger partial charge in [-0.3, -0.25) is 0 Å². The zero-order valence-electron chi connectivity index (χ0n) is 12.8. The van der Waals surface area contributed by atoms with Crippen LogP contribution < -0.4 is 10.2 Å². The van der Waals surface area contributed by atoms with Crippen LogP contribution in [0.15, 0.2) is 0 Å².